The van der Waals surface area contributed by atoms with E-state index < -0.39 is 0 Å². The molecule has 4 heteroatoms. The fraction of sp³-hybridized carbons (Fsp3) is 0.0357. The van der Waals surface area contributed by atoms with E-state index in [-0.39, 0.29) is 5.78 Å². The van der Waals surface area contributed by atoms with E-state index >= 15 is 0 Å². The number of benzene rings is 5. The van der Waals surface area contributed by atoms with Gasteiger partial charge in [-0.05, 0) is 75.3 Å². The van der Waals surface area contributed by atoms with Gasteiger partial charge < -0.3 is 5.11 Å². The maximum absolute atomic E-state index is 11.9. The van der Waals surface area contributed by atoms with Crippen LogP contribution in [0.25, 0.3) is 32.7 Å². The van der Waals surface area contributed by atoms with Gasteiger partial charge in [-0.15, -0.1) is 0 Å². The number of fused-ring (bicyclic) bond motifs is 6. The predicted molar refractivity (Wildman–Crippen MR) is 133 cm³/mol. The maximum Gasteiger partial charge on any atom is 0.167 e. The minimum Gasteiger partial charge on any atom is -0.507 e. The van der Waals surface area contributed by atoms with Crippen molar-refractivity contribution in [2.24, 2.45) is 0 Å². The summed E-state index contributed by atoms with van der Waals surface area (Å²) in [6.07, 6.45) is 0.491. The van der Waals surface area contributed by atoms with Gasteiger partial charge in [0.25, 0.3) is 0 Å². The van der Waals surface area contributed by atoms with E-state index in [0.717, 1.165) is 43.8 Å². The fourth-order valence-corrected chi connectivity index (χ4v) is 4.59. The van der Waals surface area contributed by atoms with Crippen molar-refractivity contribution in [1.29, 1.82) is 0 Å². The van der Waals surface area contributed by atoms with Crippen molar-refractivity contribution in [3.05, 3.63) is 112 Å². The van der Waals surface area contributed by atoms with Gasteiger partial charge in [0, 0.05) is 27.4 Å². The third-order valence-electron chi connectivity index (χ3n) is 5.74. The first-order chi connectivity index (χ1) is 15.5. The molecule has 0 saturated carbocycles. The van der Waals surface area contributed by atoms with E-state index in [1.165, 1.54) is 0 Å². The van der Waals surface area contributed by atoms with Gasteiger partial charge in [-0.1, -0.05) is 71.7 Å². The molecule has 0 aliphatic heterocycles. The molecule has 6 rings (SSSR count). The summed E-state index contributed by atoms with van der Waals surface area (Å²) in [6, 6.07) is 28.7. The van der Waals surface area contributed by atoms with E-state index in [1.54, 1.807) is 18.2 Å². The lowest BCUT2D eigenvalue weighted by Crippen LogP contribution is -2.11. The Kier molecular flexibility index (Phi) is 5.34. The Morgan fingerprint density at radius 1 is 0.625 bits per heavy atom. The summed E-state index contributed by atoms with van der Waals surface area (Å²) < 4.78 is 0. The second kappa shape index (κ2) is 8.31. The number of carbonyl (C=O) groups is 1. The van der Waals surface area contributed by atoms with Crippen LogP contribution in [-0.4, -0.2) is 10.9 Å². The van der Waals surface area contributed by atoms with Gasteiger partial charge in [-0.25, -0.2) is 0 Å². The quantitative estimate of drug-likeness (QED) is 0.239. The van der Waals surface area contributed by atoms with Gasteiger partial charge in [-0.3, -0.25) is 4.79 Å². The number of phenols is 1. The molecule has 0 unspecified atom stereocenters. The molecule has 0 aromatic heterocycles. The van der Waals surface area contributed by atoms with E-state index in [1.807, 2.05) is 72.8 Å². The Hall–Kier alpha value is -3.33. The standard InChI is InChI=1S/2C14H9ClO/c2*15-10-5-6-12-13(8-10)11-4-2-1-3-9(11)7-14(12)16/h1-6,8H,7H2;1-8,16H. The van der Waals surface area contributed by atoms with E-state index in [9.17, 15) is 9.90 Å². The van der Waals surface area contributed by atoms with Crippen LogP contribution in [0.2, 0.25) is 10.0 Å². The SMILES string of the molecule is O=C1Cc2ccccc2-c2cc(Cl)ccc21.Oc1cc2ccccc2c2cc(Cl)ccc12. The van der Waals surface area contributed by atoms with Crippen LogP contribution in [0, 0.1) is 0 Å². The summed E-state index contributed by atoms with van der Waals surface area (Å²) >= 11 is 12.0. The largest absolute Gasteiger partial charge is 0.507 e. The Morgan fingerprint density at radius 2 is 1.34 bits per heavy atom. The molecule has 156 valence electrons. The third-order valence-corrected chi connectivity index (χ3v) is 6.21. The van der Waals surface area contributed by atoms with Crippen LogP contribution >= 0.6 is 23.2 Å². The molecule has 2 nitrogen and oxygen atoms in total. The molecule has 1 aliphatic carbocycles. The van der Waals surface area contributed by atoms with Crippen LogP contribution in [0.5, 0.6) is 5.75 Å². The lowest BCUT2D eigenvalue weighted by molar-refractivity contribution is 0.0992. The molecule has 0 spiro atoms. The average Bonchev–Trinajstić information content (AvgIpc) is 2.79. The average molecular weight is 457 g/mol. The molecule has 0 saturated heterocycles. The second-order valence-electron chi connectivity index (χ2n) is 7.75. The fourth-order valence-electron chi connectivity index (χ4n) is 4.24. The maximum atomic E-state index is 11.9. The number of aromatic hydroxyl groups is 1. The number of ketones is 1. The first-order valence-corrected chi connectivity index (χ1v) is 11.0. The Balaban J connectivity index is 0.000000135. The summed E-state index contributed by atoms with van der Waals surface area (Å²) in [5.74, 6) is 0.468. The molecular formula is C28H18Cl2O2. The van der Waals surface area contributed by atoms with Gasteiger partial charge in [0.1, 0.15) is 5.75 Å². The number of carbonyl (C=O) groups excluding carboxylic acids is 1. The molecule has 0 atom stereocenters. The van der Waals surface area contributed by atoms with Crippen LogP contribution in [0.4, 0.5) is 0 Å². The molecule has 1 N–H and O–H groups in total. The number of phenolic OH excluding ortho intramolecular Hbond substituents is 1. The number of rotatable bonds is 0. The molecule has 0 heterocycles. The smallest absolute Gasteiger partial charge is 0.167 e. The number of Topliss-reactive ketones (excluding diaryl/α,β-unsaturated/α-hetero) is 1. The Labute approximate surface area is 195 Å². The van der Waals surface area contributed by atoms with Crippen molar-refractivity contribution in [2.45, 2.75) is 6.42 Å². The highest BCUT2D eigenvalue weighted by Gasteiger charge is 2.21. The highest BCUT2D eigenvalue weighted by Crippen LogP contribution is 2.35. The van der Waals surface area contributed by atoms with Crippen molar-refractivity contribution in [1.82, 2.24) is 0 Å². The van der Waals surface area contributed by atoms with Crippen LogP contribution < -0.4 is 0 Å². The molecular weight excluding hydrogens is 439 g/mol. The van der Waals surface area contributed by atoms with Crippen molar-refractivity contribution < 1.29 is 9.90 Å². The zero-order chi connectivity index (χ0) is 22.2. The molecule has 0 amide bonds. The Morgan fingerprint density at radius 3 is 2.22 bits per heavy atom. The van der Waals surface area contributed by atoms with Crippen molar-refractivity contribution >= 4 is 50.5 Å². The topological polar surface area (TPSA) is 37.3 Å². The summed E-state index contributed by atoms with van der Waals surface area (Å²) in [5.41, 5.74) is 3.95. The van der Waals surface area contributed by atoms with Crippen molar-refractivity contribution in [2.75, 3.05) is 0 Å². The monoisotopic (exact) mass is 456 g/mol. The first-order valence-electron chi connectivity index (χ1n) is 10.2. The first kappa shape index (κ1) is 20.6. The number of halogens is 2. The minimum atomic E-state index is 0.172. The van der Waals surface area contributed by atoms with Gasteiger partial charge in [0.2, 0.25) is 0 Å². The van der Waals surface area contributed by atoms with Crippen LogP contribution in [0.15, 0.2) is 91.0 Å². The zero-order valence-corrected chi connectivity index (χ0v) is 18.5. The highest BCUT2D eigenvalue weighted by atomic mass is 35.5. The summed E-state index contributed by atoms with van der Waals surface area (Å²) in [6.45, 7) is 0. The minimum absolute atomic E-state index is 0.172. The molecule has 1 aliphatic rings. The van der Waals surface area contributed by atoms with Gasteiger partial charge >= 0.3 is 0 Å². The zero-order valence-electron chi connectivity index (χ0n) is 17.0. The Bertz CT molecular complexity index is 1500. The number of hydrogen-bond acceptors (Lipinski definition) is 2. The second-order valence-corrected chi connectivity index (χ2v) is 8.63. The summed E-state index contributed by atoms with van der Waals surface area (Å²) in [7, 11) is 0. The molecule has 5 aromatic rings. The third kappa shape index (κ3) is 3.73. The summed E-state index contributed by atoms with van der Waals surface area (Å²) in [5, 5.41) is 15.2. The van der Waals surface area contributed by atoms with E-state index in [4.69, 9.17) is 23.2 Å². The lowest BCUT2D eigenvalue weighted by Gasteiger charge is -2.18. The van der Waals surface area contributed by atoms with Gasteiger partial charge in [0.05, 0.1) is 0 Å². The molecule has 0 bridgehead atoms. The normalized spacial score (nSPS) is 12.1. The molecule has 0 radical (unpaired) electrons. The summed E-state index contributed by atoms with van der Waals surface area (Å²) in [4.78, 5) is 11.9. The highest BCUT2D eigenvalue weighted by molar-refractivity contribution is 6.32. The lowest BCUT2D eigenvalue weighted by atomic mass is 9.85. The number of hydrogen-bond donors (Lipinski definition) is 1. The van der Waals surface area contributed by atoms with Gasteiger partial charge in [0.15, 0.2) is 5.78 Å². The van der Waals surface area contributed by atoms with Gasteiger partial charge in [-0.2, -0.15) is 0 Å². The van der Waals surface area contributed by atoms with Crippen LogP contribution in [0.3, 0.4) is 0 Å². The predicted octanol–water partition coefficient (Wildman–Crippen LogP) is 8.10. The molecule has 5 aromatic carbocycles. The van der Waals surface area contributed by atoms with E-state index in [2.05, 4.69) is 0 Å². The van der Waals surface area contributed by atoms with Crippen LogP contribution in [0.1, 0.15) is 15.9 Å². The molecule has 0 fully saturated rings. The van der Waals surface area contributed by atoms with E-state index in [0.29, 0.717) is 22.2 Å². The molecule has 32 heavy (non-hydrogen) atoms. The van der Waals surface area contributed by atoms with Crippen molar-refractivity contribution in [3.8, 4) is 16.9 Å². The van der Waals surface area contributed by atoms with Crippen LogP contribution in [-0.2, 0) is 6.42 Å². The van der Waals surface area contributed by atoms with Crippen molar-refractivity contribution in [3.63, 3.8) is 0 Å².